The molecule has 0 amide bonds. The number of rotatable bonds is 7. The molecular formula is C11H25N. The molecule has 0 heterocycles. The summed E-state index contributed by atoms with van der Waals surface area (Å²) < 4.78 is 0. The number of hydrogen-bond donors (Lipinski definition) is 1. The fourth-order valence-electron chi connectivity index (χ4n) is 1.44. The van der Waals surface area contributed by atoms with Crippen LogP contribution < -0.4 is 5.32 Å². The zero-order valence-electron chi connectivity index (χ0n) is 9.19. The van der Waals surface area contributed by atoms with Gasteiger partial charge in [-0.2, -0.15) is 0 Å². The quantitative estimate of drug-likeness (QED) is 0.580. The Bertz CT molecular complexity index is 89.0. The van der Waals surface area contributed by atoms with Crippen molar-refractivity contribution in [3.8, 4) is 0 Å². The molecule has 0 aliphatic heterocycles. The number of hydrogen-bond acceptors (Lipinski definition) is 1. The Morgan fingerprint density at radius 1 is 1.17 bits per heavy atom. The van der Waals surface area contributed by atoms with Crippen LogP contribution in [0.5, 0.6) is 0 Å². The van der Waals surface area contributed by atoms with E-state index in [2.05, 4.69) is 33.0 Å². The largest absolute Gasteiger partial charge is 0.316 e. The number of unbranched alkanes of at least 4 members (excludes halogenated alkanes) is 1. The lowest BCUT2D eigenvalue weighted by Crippen LogP contribution is -2.26. The normalized spacial score (nSPS) is 13.8. The minimum absolute atomic E-state index is 0.823. The van der Waals surface area contributed by atoms with E-state index >= 15 is 0 Å². The molecular weight excluding hydrogens is 146 g/mol. The van der Waals surface area contributed by atoms with Crippen LogP contribution in [0.15, 0.2) is 0 Å². The smallest absolute Gasteiger partial charge is 0.00182 e. The molecule has 0 aromatic carbocycles. The molecule has 74 valence electrons. The van der Waals surface area contributed by atoms with E-state index in [1.165, 1.54) is 32.4 Å². The molecule has 0 bridgehead atoms. The van der Waals surface area contributed by atoms with Crippen LogP contribution in [0, 0.1) is 11.8 Å². The summed E-state index contributed by atoms with van der Waals surface area (Å²) in [7, 11) is 0. The summed E-state index contributed by atoms with van der Waals surface area (Å²) >= 11 is 0. The Kier molecular flexibility index (Phi) is 7.58. The van der Waals surface area contributed by atoms with Crippen molar-refractivity contribution in [1.82, 2.24) is 5.32 Å². The van der Waals surface area contributed by atoms with E-state index in [1.54, 1.807) is 0 Å². The summed E-state index contributed by atoms with van der Waals surface area (Å²) in [6.45, 7) is 11.5. The van der Waals surface area contributed by atoms with E-state index in [0.29, 0.717) is 0 Å². The molecule has 0 rings (SSSR count). The van der Waals surface area contributed by atoms with Gasteiger partial charge in [-0.3, -0.25) is 0 Å². The molecule has 12 heavy (non-hydrogen) atoms. The summed E-state index contributed by atoms with van der Waals surface area (Å²) in [5, 5.41) is 3.52. The van der Waals surface area contributed by atoms with Gasteiger partial charge in [-0.15, -0.1) is 0 Å². The minimum Gasteiger partial charge on any atom is -0.316 e. The van der Waals surface area contributed by atoms with Crippen molar-refractivity contribution in [2.75, 3.05) is 13.1 Å². The standard InChI is InChI=1S/C11H25N/c1-5-7-8-12-9-11(6-2)10(3)4/h10-12H,5-9H2,1-4H3. The zero-order chi connectivity index (χ0) is 9.40. The second-order valence-electron chi connectivity index (χ2n) is 3.97. The monoisotopic (exact) mass is 171 g/mol. The van der Waals surface area contributed by atoms with Crippen LogP contribution in [0.2, 0.25) is 0 Å². The van der Waals surface area contributed by atoms with E-state index in [0.717, 1.165) is 11.8 Å². The van der Waals surface area contributed by atoms with Crippen LogP contribution in [-0.2, 0) is 0 Å². The van der Waals surface area contributed by atoms with Gasteiger partial charge in [-0.25, -0.2) is 0 Å². The minimum atomic E-state index is 0.823. The SMILES string of the molecule is CCCCNCC(CC)C(C)C. The summed E-state index contributed by atoms with van der Waals surface area (Å²) in [5.41, 5.74) is 0. The molecule has 0 aliphatic rings. The molecule has 0 saturated carbocycles. The topological polar surface area (TPSA) is 12.0 Å². The van der Waals surface area contributed by atoms with Gasteiger partial charge in [0.05, 0.1) is 0 Å². The van der Waals surface area contributed by atoms with Crippen LogP contribution in [0.25, 0.3) is 0 Å². The molecule has 1 heteroatoms. The maximum atomic E-state index is 3.52. The Labute approximate surface area is 77.9 Å². The third-order valence-corrected chi connectivity index (χ3v) is 2.58. The van der Waals surface area contributed by atoms with E-state index < -0.39 is 0 Å². The van der Waals surface area contributed by atoms with Gasteiger partial charge in [0.2, 0.25) is 0 Å². The van der Waals surface area contributed by atoms with Crippen LogP contribution >= 0.6 is 0 Å². The maximum absolute atomic E-state index is 3.52. The van der Waals surface area contributed by atoms with Gasteiger partial charge in [-0.1, -0.05) is 40.5 Å². The highest BCUT2D eigenvalue weighted by Crippen LogP contribution is 2.12. The molecule has 1 atom stereocenters. The first-order chi connectivity index (χ1) is 5.72. The van der Waals surface area contributed by atoms with Crippen molar-refractivity contribution in [3.05, 3.63) is 0 Å². The van der Waals surface area contributed by atoms with Crippen molar-refractivity contribution in [3.63, 3.8) is 0 Å². The second-order valence-corrected chi connectivity index (χ2v) is 3.97. The molecule has 0 spiro atoms. The fraction of sp³-hybridized carbons (Fsp3) is 1.00. The van der Waals surface area contributed by atoms with E-state index in [-0.39, 0.29) is 0 Å². The van der Waals surface area contributed by atoms with Gasteiger partial charge in [0, 0.05) is 0 Å². The summed E-state index contributed by atoms with van der Waals surface area (Å²) in [5.74, 6) is 1.69. The summed E-state index contributed by atoms with van der Waals surface area (Å²) in [6.07, 6.45) is 3.91. The third kappa shape index (κ3) is 5.59. The van der Waals surface area contributed by atoms with Gasteiger partial charge in [-0.05, 0) is 31.3 Å². The molecule has 1 N–H and O–H groups in total. The van der Waals surface area contributed by atoms with Gasteiger partial charge < -0.3 is 5.32 Å². The number of nitrogens with one attached hydrogen (secondary N) is 1. The lowest BCUT2D eigenvalue weighted by Gasteiger charge is -2.19. The molecule has 0 fully saturated rings. The lowest BCUT2D eigenvalue weighted by atomic mass is 9.93. The molecule has 1 nitrogen and oxygen atoms in total. The molecule has 0 radical (unpaired) electrons. The van der Waals surface area contributed by atoms with E-state index in [9.17, 15) is 0 Å². The molecule has 0 aliphatic carbocycles. The first-order valence-corrected chi connectivity index (χ1v) is 5.43. The zero-order valence-corrected chi connectivity index (χ0v) is 9.19. The van der Waals surface area contributed by atoms with Crippen molar-refractivity contribution in [1.29, 1.82) is 0 Å². The van der Waals surface area contributed by atoms with E-state index in [1.807, 2.05) is 0 Å². The van der Waals surface area contributed by atoms with Crippen LogP contribution in [0.4, 0.5) is 0 Å². The summed E-state index contributed by atoms with van der Waals surface area (Å²) in [6, 6.07) is 0. The van der Waals surface area contributed by atoms with Crippen LogP contribution in [-0.4, -0.2) is 13.1 Å². The Morgan fingerprint density at radius 2 is 1.83 bits per heavy atom. The first kappa shape index (κ1) is 12.0. The van der Waals surface area contributed by atoms with Crippen molar-refractivity contribution in [2.24, 2.45) is 11.8 Å². The first-order valence-electron chi connectivity index (χ1n) is 5.43. The van der Waals surface area contributed by atoms with Gasteiger partial charge in [0.25, 0.3) is 0 Å². The molecule has 1 unspecified atom stereocenters. The highest BCUT2D eigenvalue weighted by atomic mass is 14.9. The fourth-order valence-corrected chi connectivity index (χ4v) is 1.44. The second kappa shape index (κ2) is 7.60. The highest BCUT2D eigenvalue weighted by Gasteiger charge is 2.09. The highest BCUT2D eigenvalue weighted by molar-refractivity contribution is 4.63. The molecule has 0 saturated heterocycles. The predicted molar refractivity (Wildman–Crippen MR) is 56.4 cm³/mol. The molecule has 0 aromatic rings. The summed E-state index contributed by atoms with van der Waals surface area (Å²) in [4.78, 5) is 0. The van der Waals surface area contributed by atoms with Crippen molar-refractivity contribution >= 4 is 0 Å². The Morgan fingerprint density at radius 3 is 2.25 bits per heavy atom. The van der Waals surface area contributed by atoms with Gasteiger partial charge >= 0.3 is 0 Å². The van der Waals surface area contributed by atoms with Crippen LogP contribution in [0.1, 0.15) is 47.0 Å². The third-order valence-electron chi connectivity index (χ3n) is 2.58. The van der Waals surface area contributed by atoms with Crippen LogP contribution in [0.3, 0.4) is 0 Å². The van der Waals surface area contributed by atoms with Gasteiger partial charge in [0.15, 0.2) is 0 Å². The average molecular weight is 171 g/mol. The maximum Gasteiger partial charge on any atom is -0.00182 e. The predicted octanol–water partition coefficient (Wildman–Crippen LogP) is 3.06. The average Bonchev–Trinajstić information content (AvgIpc) is 2.04. The Balaban J connectivity index is 3.32. The van der Waals surface area contributed by atoms with Gasteiger partial charge in [0.1, 0.15) is 0 Å². The van der Waals surface area contributed by atoms with Crippen molar-refractivity contribution < 1.29 is 0 Å². The molecule has 0 aromatic heterocycles. The Hall–Kier alpha value is -0.0400. The van der Waals surface area contributed by atoms with Crippen molar-refractivity contribution in [2.45, 2.75) is 47.0 Å². The van der Waals surface area contributed by atoms with E-state index in [4.69, 9.17) is 0 Å². The lowest BCUT2D eigenvalue weighted by molar-refractivity contribution is 0.352.